The van der Waals surface area contributed by atoms with Gasteiger partial charge in [-0.25, -0.2) is 9.97 Å². The first kappa shape index (κ1) is 44.0. The molecule has 0 bridgehead atoms. The van der Waals surface area contributed by atoms with Gasteiger partial charge in [-0.15, -0.1) is 0 Å². The summed E-state index contributed by atoms with van der Waals surface area (Å²) >= 11 is 16.7. The Morgan fingerprint density at radius 3 is 1.43 bits per heavy atom. The maximum atomic E-state index is 11.9. The third-order valence-electron chi connectivity index (χ3n) is 9.52. The van der Waals surface area contributed by atoms with E-state index in [0.29, 0.717) is 47.1 Å². The first-order chi connectivity index (χ1) is 28.8. The van der Waals surface area contributed by atoms with E-state index >= 15 is 0 Å². The fraction of sp³-hybridized carbons (Fsp3) is 0.333. The highest BCUT2D eigenvalue weighted by molar-refractivity contribution is 14.1. The molecule has 4 aromatic heterocycles. The van der Waals surface area contributed by atoms with Crippen molar-refractivity contribution < 1.29 is 39.5 Å². The van der Waals surface area contributed by atoms with E-state index in [0.717, 1.165) is 18.3 Å². The number of likely N-dealkylation sites (N-methyl/N-ethyl adjacent to an activating group) is 2. The number of nitrogens with one attached hydrogen (secondary N) is 4. The summed E-state index contributed by atoms with van der Waals surface area (Å²) < 4.78 is 16.3. The molecular weight excluding hydrogens is 1050 g/mol. The standard InChI is InChI=1S/2C18H18ClIN6O4/c2*1-21-16(29)13-11(27)12(28)17(30-13)26-7-23-10-14(24-18(19)25-15(10)26)22-6-8-3-2-4-9(20)5-8/h2*2-5,7,11-13,17,27-28H,6H2,1H3,(H,21,29)(H,22,24,25)/t2*11-,12+,13-,17+/m00/s1. The molecule has 2 aliphatic heterocycles. The molecule has 0 saturated carbocycles. The van der Waals surface area contributed by atoms with E-state index in [1.807, 2.05) is 48.5 Å². The van der Waals surface area contributed by atoms with E-state index in [2.05, 4.69) is 96.4 Å². The lowest BCUT2D eigenvalue weighted by molar-refractivity contribution is -0.137. The largest absolute Gasteiger partial charge is 0.387 e. The number of hydrogen-bond donors (Lipinski definition) is 8. The lowest BCUT2D eigenvalue weighted by Crippen LogP contribution is -2.41. The molecule has 8 atom stereocenters. The summed E-state index contributed by atoms with van der Waals surface area (Å²) in [6.45, 7) is 0.984. The van der Waals surface area contributed by atoms with E-state index in [4.69, 9.17) is 32.7 Å². The number of aliphatic hydroxyl groups excluding tert-OH is 4. The second-order valence-corrected chi connectivity index (χ2v) is 16.6. The fourth-order valence-corrected chi connectivity index (χ4v) is 8.11. The van der Waals surface area contributed by atoms with Gasteiger partial charge in [0.25, 0.3) is 11.8 Å². The van der Waals surface area contributed by atoms with Crippen LogP contribution in [0.15, 0.2) is 61.2 Å². The normalized spacial score (nSPS) is 23.6. The van der Waals surface area contributed by atoms with Crippen molar-refractivity contribution >= 4 is 114 Å². The maximum absolute atomic E-state index is 11.9. The first-order valence-electron chi connectivity index (χ1n) is 18.0. The highest BCUT2D eigenvalue weighted by Crippen LogP contribution is 2.35. The first-order valence-corrected chi connectivity index (χ1v) is 20.9. The van der Waals surface area contributed by atoms with Crippen molar-refractivity contribution in [3.63, 3.8) is 0 Å². The lowest BCUT2D eigenvalue weighted by Gasteiger charge is -2.16. The van der Waals surface area contributed by atoms with Gasteiger partial charge in [0.15, 0.2) is 58.6 Å². The molecule has 8 rings (SSSR count). The molecule has 0 spiro atoms. The quantitative estimate of drug-likeness (QED) is 0.0722. The number of carbonyl (C=O) groups is 2. The van der Waals surface area contributed by atoms with Crippen molar-refractivity contribution in [2.24, 2.45) is 0 Å². The molecule has 6 aromatic rings. The molecule has 2 aliphatic rings. The van der Waals surface area contributed by atoms with Crippen LogP contribution in [0.25, 0.3) is 22.3 Å². The number of fused-ring (bicyclic) bond motifs is 2. The van der Waals surface area contributed by atoms with Crippen LogP contribution in [0.1, 0.15) is 23.6 Å². The van der Waals surface area contributed by atoms with Crippen LogP contribution in [0.2, 0.25) is 10.6 Å². The van der Waals surface area contributed by atoms with Crippen molar-refractivity contribution in [1.82, 2.24) is 49.7 Å². The van der Waals surface area contributed by atoms with E-state index < -0.39 is 60.9 Å². The lowest BCUT2D eigenvalue weighted by atomic mass is 10.1. The Hall–Kier alpha value is -4.12. The van der Waals surface area contributed by atoms with Gasteiger partial charge in [0, 0.05) is 34.3 Å². The zero-order chi connectivity index (χ0) is 42.8. The summed E-state index contributed by atoms with van der Waals surface area (Å²) in [5.74, 6) is -0.251. The van der Waals surface area contributed by atoms with Gasteiger partial charge >= 0.3 is 0 Å². The van der Waals surface area contributed by atoms with Crippen LogP contribution in [0.3, 0.4) is 0 Å². The Labute approximate surface area is 377 Å². The van der Waals surface area contributed by atoms with Gasteiger partial charge in [-0.1, -0.05) is 24.3 Å². The molecule has 2 aromatic carbocycles. The van der Waals surface area contributed by atoms with Gasteiger partial charge in [-0.2, -0.15) is 19.9 Å². The monoisotopic (exact) mass is 1090 g/mol. The predicted molar refractivity (Wildman–Crippen MR) is 234 cm³/mol. The van der Waals surface area contributed by atoms with Gasteiger partial charge in [-0.05, 0) is 104 Å². The minimum absolute atomic E-state index is 0.0229. The van der Waals surface area contributed by atoms with Gasteiger partial charge in [0.1, 0.15) is 24.4 Å². The van der Waals surface area contributed by atoms with Crippen LogP contribution in [0.4, 0.5) is 11.6 Å². The van der Waals surface area contributed by atoms with E-state index in [9.17, 15) is 30.0 Å². The zero-order valence-corrected chi connectivity index (χ0v) is 37.1. The molecule has 24 heteroatoms. The van der Waals surface area contributed by atoms with E-state index in [1.54, 1.807) is 0 Å². The summed E-state index contributed by atoms with van der Waals surface area (Å²) in [5.41, 5.74) is 3.53. The Morgan fingerprint density at radius 1 is 0.667 bits per heavy atom. The molecule has 2 saturated heterocycles. The smallest absolute Gasteiger partial charge is 0.251 e. The second-order valence-electron chi connectivity index (χ2n) is 13.4. The Balaban J connectivity index is 0.000000181. The van der Waals surface area contributed by atoms with Crippen LogP contribution in [0, 0.1) is 7.14 Å². The number of rotatable bonds is 10. The number of amides is 2. The van der Waals surface area contributed by atoms with Crippen LogP contribution in [-0.4, -0.2) is 122 Å². The average molecular weight is 1090 g/mol. The molecule has 0 radical (unpaired) electrons. The molecule has 2 amide bonds. The number of aromatic nitrogens is 8. The molecule has 316 valence electrons. The van der Waals surface area contributed by atoms with Gasteiger partial charge < -0.3 is 51.2 Å². The number of anilines is 2. The number of ether oxygens (including phenoxy) is 2. The third-order valence-corrected chi connectivity index (χ3v) is 11.2. The fourth-order valence-electron chi connectivity index (χ4n) is 6.56. The number of halogens is 4. The molecule has 0 unspecified atom stereocenters. The summed E-state index contributed by atoms with van der Waals surface area (Å²) in [4.78, 5) is 49.3. The Bertz CT molecular complexity index is 2360. The average Bonchev–Trinajstić information content (AvgIpc) is 3.99. The van der Waals surface area contributed by atoms with Crippen LogP contribution < -0.4 is 21.3 Å². The molecule has 6 heterocycles. The minimum Gasteiger partial charge on any atom is -0.387 e. The maximum Gasteiger partial charge on any atom is 0.251 e. The molecular formula is C36H36Cl2I2N12O8. The van der Waals surface area contributed by atoms with E-state index in [1.165, 1.54) is 35.9 Å². The summed E-state index contributed by atoms with van der Waals surface area (Å²) in [7, 11) is 2.84. The summed E-state index contributed by atoms with van der Waals surface area (Å²) in [6.07, 6.45) is -7.29. The van der Waals surface area contributed by atoms with Crippen molar-refractivity contribution in [2.75, 3.05) is 24.7 Å². The van der Waals surface area contributed by atoms with Crippen LogP contribution in [-0.2, 0) is 32.2 Å². The number of nitrogens with zero attached hydrogens (tertiary/aromatic N) is 8. The molecule has 60 heavy (non-hydrogen) atoms. The SMILES string of the molecule is CNC(=O)[C@H]1O[C@@H](n2cnc3c(NCc4cccc(I)c4)nc(Cl)nc32)[C@H](O)[C@@H]1O.CNC(=O)[C@H]1O[C@@H](n2cnc3c(NCc4cccc(I)c4)nc(Cl)nc32)[C@H](O)[C@@H]1O. The van der Waals surface area contributed by atoms with Crippen LogP contribution in [0.5, 0.6) is 0 Å². The number of carbonyl (C=O) groups excluding carboxylic acids is 2. The highest BCUT2D eigenvalue weighted by atomic mass is 127. The van der Waals surface area contributed by atoms with Gasteiger partial charge in [0.05, 0.1) is 12.7 Å². The highest BCUT2D eigenvalue weighted by Gasteiger charge is 2.48. The number of hydrogen-bond acceptors (Lipinski definition) is 16. The summed E-state index contributed by atoms with van der Waals surface area (Å²) in [5, 5.41) is 52.4. The van der Waals surface area contributed by atoms with Crippen LogP contribution >= 0.6 is 68.4 Å². The minimum atomic E-state index is -1.40. The summed E-state index contributed by atoms with van der Waals surface area (Å²) in [6, 6.07) is 16.0. The van der Waals surface area contributed by atoms with Crippen molar-refractivity contribution in [3.8, 4) is 0 Å². The predicted octanol–water partition coefficient (Wildman–Crippen LogP) is 2.12. The van der Waals surface area contributed by atoms with Crippen molar-refractivity contribution in [2.45, 2.75) is 62.2 Å². The van der Waals surface area contributed by atoms with Gasteiger partial charge in [-0.3, -0.25) is 18.7 Å². The topological polar surface area (TPSA) is 269 Å². The van der Waals surface area contributed by atoms with E-state index in [-0.39, 0.29) is 10.6 Å². The molecule has 20 nitrogen and oxygen atoms in total. The Kier molecular flexibility index (Phi) is 13.8. The van der Waals surface area contributed by atoms with Gasteiger partial charge in [0.2, 0.25) is 10.6 Å². The zero-order valence-electron chi connectivity index (χ0n) is 31.3. The molecule has 0 aliphatic carbocycles. The second kappa shape index (κ2) is 18.9. The molecule has 2 fully saturated rings. The van der Waals surface area contributed by atoms with Crippen molar-refractivity contribution in [1.29, 1.82) is 0 Å². The number of imidazole rings is 2. The number of benzene rings is 2. The van der Waals surface area contributed by atoms with Crippen molar-refractivity contribution in [3.05, 3.63) is 90.0 Å². The Morgan fingerprint density at radius 2 is 1.07 bits per heavy atom. The number of aliphatic hydroxyl groups is 4. The third kappa shape index (κ3) is 9.21. The molecule has 8 N–H and O–H groups in total.